The Morgan fingerprint density at radius 2 is 1.46 bits per heavy atom. The van der Waals surface area contributed by atoms with Gasteiger partial charge in [-0.25, -0.2) is 0 Å². The lowest BCUT2D eigenvalue weighted by Crippen LogP contribution is -2.06. The van der Waals surface area contributed by atoms with Crippen molar-refractivity contribution in [3.63, 3.8) is 0 Å². The van der Waals surface area contributed by atoms with Crippen LogP contribution in [0.1, 0.15) is 0 Å². The monoisotopic (exact) mass is 179 g/mol. The van der Waals surface area contributed by atoms with E-state index in [1.165, 1.54) is 0 Å². The van der Waals surface area contributed by atoms with E-state index in [1.54, 1.807) is 20.3 Å². The molecular weight excluding hydrogens is 170 g/mol. The summed E-state index contributed by atoms with van der Waals surface area (Å²) in [5.74, 6) is 1.01. The van der Waals surface area contributed by atoms with Crippen molar-refractivity contribution in [2.45, 2.75) is 0 Å². The van der Waals surface area contributed by atoms with Gasteiger partial charge in [-0.3, -0.25) is 5.32 Å². The molecule has 7 nitrogen and oxygen atoms in total. The Balaban J connectivity index is 3.01. The van der Waals surface area contributed by atoms with Crippen molar-refractivity contribution >= 4 is 17.8 Å². The van der Waals surface area contributed by atoms with E-state index in [0.29, 0.717) is 11.9 Å². The van der Waals surface area contributed by atoms with Gasteiger partial charge < -0.3 is 10.6 Å². The zero-order valence-electron chi connectivity index (χ0n) is 7.29. The summed E-state index contributed by atoms with van der Waals surface area (Å²) >= 11 is 0. The van der Waals surface area contributed by atoms with E-state index in [4.69, 9.17) is 5.26 Å². The Morgan fingerprint density at radius 1 is 1.00 bits per heavy atom. The predicted molar refractivity (Wildman–Crippen MR) is 48.2 cm³/mol. The fourth-order valence-corrected chi connectivity index (χ4v) is 0.705. The smallest absolute Gasteiger partial charge is 0.242 e. The summed E-state index contributed by atoms with van der Waals surface area (Å²) in [5.41, 5.74) is 0. The molecule has 68 valence electrons. The van der Waals surface area contributed by atoms with E-state index in [-0.39, 0.29) is 5.95 Å². The average molecular weight is 179 g/mol. The molecule has 1 rings (SSSR count). The molecule has 3 N–H and O–H groups in total. The lowest BCUT2D eigenvalue weighted by atomic mass is 10.8. The van der Waals surface area contributed by atoms with Crippen molar-refractivity contribution < 1.29 is 0 Å². The Hall–Kier alpha value is -2.10. The highest BCUT2D eigenvalue weighted by atomic mass is 15.3. The first kappa shape index (κ1) is 8.99. The normalized spacial score (nSPS) is 8.69. The summed E-state index contributed by atoms with van der Waals surface area (Å²) in [6, 6.07) is 0. The van der Waals surface area contributed by atoms with Crippen LogP contribution in [0, 0.1) is 11.5 Å². The van der Waals surface area contributed by atoms with Gasteiger partial charge in [0.25, 0.3) is 0 Å². The number of nitrogens with zero attached hydrogens (tertiary/aromatic N) is 4. The van der Waals surface area contributed by atoms with Crippen LogP contribution < -0.4 is 16.0 Å². The number of anilines is 3. The highest BCUT2D eigenvalue weighted by molar-refractivity contribution is 5.43. The molecule has 0 aliphatic carbocycles. The SMILES string of the molecule is CNc1nc(NC)nc(NC#N)n1. The number of nitriles is 1. The van der Waals surface area contributed by atoms with Crippen LogP contribution in [0.25, 0.3) is 0 Å². The van der Waals surface area contributed by atoms with Crippen LogP contribution >= 0.6 is 0 Å². The molecule has 1 heterocycles. The van der Waals surface area contributed by atoms with Gasteiger partial charge in [0.05, 0.1) is 0 Å². The van der Waals surface area contributed by atoms with Gasteiger partial charge in [-0.1, -0.05) is 0 Å². The third-order valence-electron chi connectivity index (χ3n) is 1.25. The lowest BCUT2D eigenvalue weighted by molar-refractivity contribution is 1.05. The molecule has 0 atom stereocenters. The third-order valence-corrected chi connectivity index (χ3v) is 1.25. The molecule has 0 saturated heterocycles. The molecule has 0 fully saturated rings. The minimum Gasteiger partial charge on any atom is -0.357 e. The second-order valence-corrected chi connectivity index (χ2v) is 2.04. The van der Waals surface area contributed by atoms with Crippen molar-refractivity contribution in [1.29, 1.82) is 5.26 Å². The quantitative estimate of drug-likeness (QED) is 0.438. The second kappa shape index (κ2) is 4.06. The summed E-state index contributed by atoms with van der Waals surface area (Å²) in [5, 5.41) is 16.2. The number of nitrogens with one attached hydrogen (secondary N) is 3. The Bertz CT molecular complexity index is 306. The lowest BCUT2D eigenvalue weighted by Gasteiger charge is -2.03. The first-order valence-electron chi connectivity index (χ1n) is 3.57. The van der Waals surface area contributed by atoms with E-state index in [9.17, 15) is 0 Å². The van der Waals surface area contributed by atoms with Gasteiger partial charge in [0.15, 0.2) is 6.19 Å². The van der Waals surface area contributed by atoms with Crippen molar-refractivity contribution in [1.82, 2.24) is 15.0 Å². The third kappa shape index (κ3) is 2.16. The van der Waals surface area contributed by atoms with Crippen LogP contribution in [0.3, 0.4) is 0 Å². The molecule has 0 spiro atoms. The molecule has 1 aromatic rings. The summed E-state index contributed by atoms with van der Waals surface area (Å²) in [4.78, 5) is 11.7. The van der Waals surface area contributed by atoms with Crippen LogP contribution in [0.15, 0.2) is 0 Å². The van der Waals surface area contributed by atoms with Crippen LogP contribution in [-0.4, -0.2) is 29.0 Å². The molecule has 0 bridgehead atoms. The predicted octanol–water partition coefficient (Wildman–Crippen LogP) is -0.152. The van der Waals surface area contributed by atoms with Gasteiger partial charge in [-0.2, -0.15) is 20.2 Å². The number of hydrogen-bond donors (Lipinski definition) is 3. The van der Waals surface area contributed by atoms with Crippen molar-refractivity contribution in [3.8, 4) is 6.19 Å². The molecule has 0 saturated carbocycles. The average Bonchev–Trinajstić information content (AvgIpc) is 2.17. The van der Waals surface area contributed by atoms with Crippen LogP contribution in [-0.2, 0) is 0 Å². The van der Waals surface area contributed by atoms with E-state index in [2.05, 4.69) is 30.9 Å². The van der Waals surface area contributed by atoms with Gasteiger partial charge in [-0.05, 0) is 0 Å². The largest absolute Gasteiger partial charge is 0.357 e. The molecule has 0 aliphatic rings. The molecular formula is C6H9N7. The maximum atomic E-state index is 8.34. The first-order valence-corrected chi connectivity index (χ1v) is 3.57. The highest BCUT2D eigenvalue weighted by Crippen LogP contribution is 2.06. The molecule has 7 heteroatoms. The summed E-state index contributed by atoms with van der Waals surface area (Å²) in [6.07, 6.45) is 1.73. The topological polar surface area (TPSA) is 98.5 Å². The maximum Gasteiger partial charge on any atom is 0.242 e. The highest BCUT2D eigenvalue weighted by Gasteiger charge is 2.02. The molecule has 0 amide bonds. The Labute approximate surface area is 75.2 Å². The maximum absolute atomic E-state index is 8.34. The number of rotatable bonds is 3. The number of aromatic nitrogens is 3. The van der Waals surface area contributed by atoms with Gasteiger partial charge in [-0.15, -0.1) is 0 Å². The van der Waals surface area contributed by atoms with Crippen molar-refractivity contribution in [2.24, 2.45) is 0 Å². The summed E-state index contributed by atoms with van der Waals surface area (Å²) < 4.78 is 0. The van der Waals surface area contributed by atoms with Crippen LogP contribution in [0.5, 0.6) is 0 Å². The fraction of sp³-hybridized carbons (Fsp3) is 0.333. The van der Waals surface area contributed by atoms with Gasteiger partial charge in [0.1, 0.15) is 0 Å². The standard InChI is InChI=1S/C6H9N7/c1-8-4-11-5(9-2)13-6(12-4)10-3-7/h1-2H3,(H3,8,9,10,11,12,13). The van der Waals surface area contributed by atoms with E-state index >= 15 is 0 Å². The summed E-state index contributed by atoms with van der Waals surface area (Å²) in [7, 11) is 3.37. The van der Waals surface area contributed by atoms with Crippen molar-refractivity contribution in [2.75, 3.05) is 30.0 Å². The minimum absolute atomic E-state index is 0.214. The molecule has 0 aliphatic heterocycles. The minimum atomic E-state index is 0.214. The Morgan fingerprint density at radius 3 is 1.85 bits per heavy atom. The number of hydrogen-bond acceptors (Lipinski definition) is 7. The zero-order valence-corrected chi connectivity index (χ0v) is 7.29. The molecule has 0 radical (unpaired) electrons. The van der Waals surface area contributed by atoms with Gasteiger partial charge in [0.2, 0.25) is 17.8 Å². The van der Waals surface area contributed by atoms with E-state index in [1.807, 2.05) is 0 Å². The van der Waals surface area contributed by atoms with E-state index in [0.717, 1.165) is 0 Å². The molecule has 0 aromatic carbocycles. The van der Waals surface area contributed by atoms with Crippen molar-refractivity contribution in [3.05, 3.63) is 0 Å². The van der Waals surface area contributed by atoms with E-state index < -0.39 is 0 Å². The molecule has 1 aromatic heterocycles. The second-order valence-electron chi connectivity index (χ2n) is 2.04. The van der Waals surface area contributed by atoms with Crippen LogP contribution in [0.2, 0.25) is 0 Å². The fourth-order valence-electron chi connectivity index (χ4n) is 0.705. The first-order chi connectivity index (χ1) is 6.30. The molecule has 0 unspecified atom stereocenters. The Kier molecular flexibility index (Phi) is 2.81. The van der Waals surface area contributed by atoms with Gasteiger partial charge in [0, 0.05) is 14.1 Å². The van der Waals surface area contributed by atoms with Gasteiger partial charge >= 0.3 is 0 Å². The molecule has 13 heavy (non-hydrogen) atoms. The van der Waals surface area contributed by atoms with Crippen LogP contribution in [0.4, 0.5) is 17.8 Å². The zero-order chi connectivity index (χ0) is 9.68. The summed E-state index contributed by atoms with van der Waals surface area (Å²) in [6.45, 7) is 0.